The SMILES string of the molecule is C[C@@]1(Br)CC12CCCCC2. The molecule has 1 atom stereocenters. The van der Waals surface area contributed by atoms with Crippen LogP contribution in [0.25, 0.3) is 0 Å². The van der Waals surface area contributed by atoms with E-state index < -0.39 is 0 Å². The van der Waals surface area contributed by atoms with Crippen molar-refractivity contribution in [3.63, 3.8) is 0 Å². The number of rotatable bonds is 0. The molecular weight excluding hydrogens is 188 g/mol. The van der Waals surface area contributed by atoms with Crippen molar-refractivity contribution in [1.29, 1.82) is 0 Å². The molecule has 0 amide bonds. The number of alkyl halides is 1. The summed E-state index contributed by atoms with van der Waals surface area (Å²) in [7, 11) is 0. The standard InChI is InChI=1S/C9H15Br/c1-8(10)7-9(8)5-3-2-4-6-9/h2-7H2,1H3/t8-/m1/s1. The van der Waals surface area contributed by atoms with E-state index in [4.69, 9.17) is 0 Å². The van der Waals surface area contributed by atoms with Crippen molar-refractivity contribution in [2.75, 3.05) is 0 Å². The van der Waals surface area contributed by atoms with Crippen molar-refractivity contribution >= 4 is 15.9 Å². The average molecular weight is 203 g/mol. The summed E-state index contributed by atoms with van der Waals surface area (Å²) < 4.78 is 0.528. The van der Waals surface area contributed by atoms with Gasteiger partial charge in [0.15, 0.2) is 0 Å². The van der Waals surface area contributed by atoms with Gasteiger partial charge in [-0.25, -0.2) is 0 Å². The topological polar surface area (TPSA) is 0 Å². The van der Waals surface area contributed by atoms with E-state index in [1.165, 1.54) is 38.5 Å². The maximum absolute atomic E-state index is 3.80. The highest BCUT2D eigenvalue weighted by molar-refractivity contribution is 9.10. The fourth-order valence-corrected chi connectivity index (χ4v) is 3.45. The van der Waals surface area contributed by atoms with E-state index in [0.29, 0.717) is 4.32 Å². The van der Waals surface area contributed by atoms with E-state index in [-0.39, 0.29) is 0 Å². The second kappa shape index (κ2) is 2.00. The molecule has 1 spiro atoms. The van der Waals surface area contributed by atoms with Gasteiger partial charge in [0.25, 0.3) is 0 Å². The Bertz CT molecular complexity index is 143. The van der Waals surface area contributed by atoms with E-state index in [1.54, 1.807) is 0 Å². The number of halogens is 1. The van der Waals surface area contributed by atoms with Crippen LogP contribution < -0.4 is 0 Å². The molecule has 0 saturated heterocycles. The van der Waals surface area contributed by atoms with E-state index in [1.807, 2.05) is 0 Å². The fraction of sp³-hybridized carbons (Fsp3) is 1.00. The third-order valence-corrected chi connectivity index (χ3v) is 4.58. The minimum absolute atomic E-state index is 0.528. The first-order valence-electron chi connectivity index (χ1n) is 4.35. The summed E-state index contributed by atoms with van der Waals surface area (Å²) in [5, 5.41) is 0. The van der Waals surface area contributed by atoms with Crippen molar-refractivity contribution in [3.8, 4) is 0 Å². The average Bonchev–Trinajstić information content (AvgIpc) is 2.36. The highest BCUT2D eigenvalue weighted by Crippen LogP contribution is 2.68. The van der Waals surface area contributed by atoms with Crippen molar-refractivity contribution in [3.05, 3.63) is 0 Å². The molecule has 0 heterocycles. The fourth-order valence-electron chi connectivity index (χ4n) is 2.52. The molecule has 0 aromatic rings. The zero-order valence-electron chi connectivity index (χ0n) is 6.62. The normalized spacial score (nSPS) is 43.8. The van der Waals surface area contributed by atoms with Gasteiger partial charge in [0.1, 0.15) is 0 Å². The summed E-state index contributed by atoms with van der Waals surface area (Å²) in [5.74, 6) is 0. The van der Waals surface area contributed by atoms with Crippen molar-refractivity contribution in [2.24, 2.45) is 5.41 Å². The Kier molecular flexibility index (Phi) is 1.43. The minimum atomic E-state index is 0.528. The van der Waals surface area contributed by atoms with Crippen LogP contribution in [0.2, 0.25) is 0 Å². The van der Waals surface area contributed by atoms with E-state index in [0.717, 1.165) is 5.41 Å². The van der Waals surface area contributed by atoms with E-state index >= 15 is 0 Å². The van der Waals surface area contributed by atoms with Gasteiger partial charge in [-0.3, -0.25) is 0 Å². The summed E-state index contributed by atoms with van der Waals surface area (Å²) in [5.41, 5.74) is 0.741. The molecule has 2 rings (SSSR count). The molecule has 2 aliphatic rings. The van der Waals surface area contributed by atoms with Gasteiger partial charge in [0.05, 0.1) is 0 Å². The monoisotopic (exact) mass is 202 g/mol. The van der Waals surface area contributed by atoms with Crippen LogP contribution in [-0.4, -0.2) is 4.32 Å². The lowest BCUT2D eigenvalue weighted by Crippen LogP contribution is -2.14. The molecule has 0 nitrogen and oxygen atoms in total. The summed E-state index contributed by atoms with van der Waals surface area (Å²) in [4.78, 5) is 0. The molecule has 0 N–H and O–H groups in total. The number of hydrogen-bond donors (Lipinski definition) is 0. The van der Waals surface area contributed by atoms with Crippen LogP contribution in [0.1, 0.15) is 45.4 Å². The largest absolute Gasteiger partial charge is 0.0850 e. The third kappa shape index (κ3) is 0.861. The lowest BCUT2D eigenvalue weighted by Gasteiger charge is -2.23. The molecule has 58 valence electrons. The molecule has 0 radical (unpaired) electrons. The van der Waals surface area contributed by atoms with Gasteiger partial charge in [0.2, 0.25) is 0 Å². The van der Waals surface area contributed by atoms with Crippen molar-refractivity contribution in [1.82, 2.24) is 0 Å². The maximum Gasteiger partial charge on any atom is 0.0292 e. The van der Waals surface area contributed by atoms with Gasteiger partial charge in [-0.2, -0.15) is 0 Å². The molecule has 0 aromatic heterocycles. The molecule has 1 heteroatoms. The van der Waals surface area contributed by atoms with Crippen LogP contribution in [0.15, 0.2) is 0 Å². The molecule has 10 heavy (non-hydrogen) atoms. The van der Waals surface area contributed by atoms with Crippen LogP contribution in [0.5, 0.6) is 0 Å². The van der Waals surface area contributed by atoms with Crippen LogP contribution in [0.3, 0.4) is 0 Å². The Morgan fingerprint density at radius 3 is 1.90 bits per heavy atom. The zero-order valence-corrected chi connectivity index (χ0v) is 8.21. The quantitative estimate of drug-likeness (QED) is 0.528. The molecule has 0 unspecified atom stereocenters. The lowest BCUT2D eigenvalue weighted by molar-refractivity contribution is 0.323. The minimum Gasteiger partial charge on any atom is -0.0850 e. The van der Waals surface area contributed by atoms with E-state index in [9.17, 15) is 0 Å². The Hall–Kier alpha value is 0.480. The zero-order chi connectivity index (χ0) is 7.24. The first kappa shape index (κ1) is 7.15. The van der Waals surface area contributed by atoms with Crippen molar-refractivity contribution < 1.29 is 0 Å². The third-order valence-electron chi connectivity index (χ3n) is 3.46. The van der Waals surface area contributed by atoms with Gasteiger partial charge in [0, 0.05) is 4.32 Å². The Morgan fingerprint density at radius 1 is 1.10 bits per heavy atom. The first-order chi connectivity index (χ1) is 4.66. The summed E-state index contributed by atoms with van der Waals surface area (Å²) in [6.45, 7) is 2.36. The van der Waals surface area contributed by atoms with E-state index in [2.05, 4.69) is 22.9 Å². The molecule has 2 fully saturated rings. The predicted octanol–water partition coefficient (Wildman–Crippen LogP) is 3.49. The van der Waals surface area contributed by atoms with Gasteiger partial charge in [-0.05, 0) is 31.6 Å². The summed E-state index contributed by atoms with van der Waals surface area (Å²) in [6.07, 6.45) is 8.82. The van der Waals surface area contributed by atoms with Gasteiger partial charge >= 0.3 is 0 Å². The molecule has 2 aliphatic carbocycles. The van der Waals surface area contributed by atoms with Crippen LogP contribution in [-0.2, 0) is 0 Å². The predicted molar refractivity (Wildman–Crippen MR) is 47.5 cm³/mol. The first-order valence-corrected chi connectivity index (χ1v) is 5.15. The molecule has 0 bridgehead atoms. The second-order valence-corrected chi connectivity index (χ2v) is 5.97. The Morgan fingerprint density at radius 2 is 1.60 bits per heavy atom. The van der Waals surface area contributed by atoms with Gasteiger partial charge in [-0.15, -0.1) is 0 Å². The summed E-state index contributed by atoms with van der Waals surface area (Å²) >= 11 is 3.80. The van der Waals surface area contributed by atoms with Crippen LogP contribution in [0.4, 0.5) is 0 Å². The van der Waals surface area contributed by atoms with Crippen LogP contribution in [0, 0.1) is 5.41 Å². The summed E-state index contributed by atoms with van der Waals surface area (Å²) in [6, 6.07) is 0. The molecule has 0 aromatic carbocycles. The maximum atomic E-state index is 3.80. The highest BCUT2D eigenvalue weighted by atomic mass is 79.9. The Labute approximate surface area is 71.5 Å². The highest BCUT2D eigenvalue weighted by Gasteiger charge is 2.61. The Balaban J connectivity index is 2.05. The van der Waals surface area contributed by atoms with Gasteiger partial charge in [-0.1, -0.05) is 35.2 Å². The smallest absolute Gasteiger partial charge is 0.0292 e. The molecule has 0 aliphatic heterocycles. The van der Waals surface area contributed by atoms with Crippen LogP contribution >= 0.6 is 15.9 Å². The molecular formula is C9H15Br. The second-order valence-electron chi connectivity index (χ2n) is 4.22. The molecule has 2 saturated carbocycles. The van der Waals surface area contributed by atoms with Gasteiger partial charge < -0.3 is 0 Å². The van der Waals surface area contributed by atoms with Crippen molar-refractivity contribution in [2.45, 2.75) is 49.8 Å². The number of hydrogen-bond acceptors (Lipinski definition) is 0. The lowest BCUT2D eigenvalue weighted by atomic mass is 9.85.